The molecule has 0 atom stereocenters. The van der Waals surface area contributed by atoms with Crippen molar-refractivity contribution in [3.63, 3.8) is 0 Å². The molecule has 0 bridgehead atoms. The average Bonchev–Trinajstić information content (AvgIpc) is 3.10. The van der Waals surface area contributed by atoms with Crippen molar-refractivity contribution in [3.8, 4) is 5.75 Å². The van der Waals surface area contributed by atoms with Gasteiger partial charge >= 0.3 is 0 Å². The summed E-state index contributed by atoms with van der Waals surface area (Å²) in [5.74, 6) is -1.27. The number of hydrogen-bond donors (Lipinski definition) is 1. The van der Waals surface area contributed by atoms with E-state index in [1.165, 1.54) is 53.4 Å². The number of primary amides is 1. The standard InChI is InChI=1S/C24H17F2N3O3S/c25-16-3-7-18(8-4-16)28-24-29(19-9-5-17(26)6-10-19)23(31)21(33-24)13-15-1-11-20(12-2-15)32-14-22(27)30/h1-13H,14H2,(H2,27,30). The van der Waals surface area contributed by atoms with Gasteiger partial charge in [0.15, 0.2) is 11.8 Å². The van der Waals surface area contributed by atoms with Crippen LogP contribution < -0.4 is 15.4 Å². The number of carbonyl (C=O) groups is 2. The minimum absolute atomic E-state index is 0.232. The number of nitrogens with two attached hydrogens (primary N) is 1. The number of amides is 2. The number of nitrogens with zero attached hydrogens (tertiary/aromatic N) is 2. The van der Waals surface area contributed by atoms with Crippen LogP contribution in [0.3, 0.4) is 0 Å². The zero-order valence-electron chi connectivity index (χ0n) is 17.1. The summed E-state index contributed by atoms with van der Waals surface area (Å²) in [7, 11) is 0. The molecule has 0 radical (unpaired) electrons. The summed E-state index contributed by atoms with van der Waals surface area (Å²) in [6.45, 7) is -0.232. The molecule has 1 aliphatic rings. The third-order valence-electron chi connectivity index (χ3n) is 4.50. The van der Waals surface area contributed by atoms with Gasteiger partial charge < -0.3 is 10.5 Å². The van der Waals surface area contributed by atoms with Gasteiger partial charge in [-0.05, 0) is 84.1 Å². The smallest absolute Gasteiger partial charge is 0.271 e. The summed E-state index contributed by atoms with van der Waals surface area (Å²) < 4.78 is 31.9. The number of aliphatic imine (C=N–C) groups is 1. The van der Waals surface area contributed by atoms with Crippen molar-refractivity contribution >= 4 is 46.2 Å². The molecule has 1 aliphatic heterocycles. The molecule has 3 aromatic carbocycles. The first-order valence-electron chi connectivity index (χ1n) is 9.74. The van der Waals surface area contributed by atoms with Crippen molar-refractivity contribution in [2.24, 2.45) is 10.7 Å². The highest BCUT2D eigenvalue weighted by molar-refractivity contribution is 8.19. The molecule has 1 heterocycles. The number of hydrogen-bond acceptors (Lipinski definition) is 5. The molecular formula is C24H17F2N3O3S. The van der Waals surface area contributed by atoms with E-state index in [4.69, 9.17) is 10.5 Å². The molecule has 0 aromatic heterocycles. The van der Waals surface area contributed by atoms with E-state index in [1.54, 1.807) is 30.3 Å². The second-order valence-corrected chi connectivity index (χ2v) is 7.93. The highest BCUT2D eigenvalue weighted by Crippen LogP contribution is 2.37. The molecule has 0 saturated carbocycles. The Morgan fingerprint density at radius 1 is 0.970 bits per heavy atom. The van der Waals surface area contributed by atoms with Crippen molar-refractivity contribution in [2.45, 2.75) is 0 Å². The van der Waals surface area contributed by atoms with Gasteiger partial charge in [0, 0.05) is 0 Å². The highest BCUT2D eigenvalue weighted by atomic mass is 32.2. The average molecular weight is 465 g/mol. The zero-order valence-corrected chi connectivity index (χ0v) is 17.9. The second kappa shape index (κ2) is 9.66. The van der Waals surface area contributed by atoms with Crippen LogP contribution in [0.4, 0.5) is 20.2 Å². The SMILES string of the molecule is NC(=O)COc1ccc(C=C2SC(=Nc3ccc(F)cc3)N(c3ccc(F)cc3)C2=O)cc1. The molecule has 9 heteroatoms. The van der Waals surface area contributed by atoms with E-state index in [1.807, 2.05) is 0 Å². The topological polar surface area (TPSA) is 85.0 Å². The summed E-state index contributed by atoms with van der Waals surface area (Å²) in [4.78, 5) is 30.3. The molecule has 0 unspecified atom stereocenters. The lowest BCUT2D eigenvalue weighted by atomic mass is 10.2. The maximum absolute atomic E-state index is 13.4. The molecule has 1 saturated heterocycles. The number of thioether (sulfide) groups is 1. The monoisotopic (exact) mass is 465 g/mol. The van der Waals surface area contributed by atoms with Crippen molar-refractivity contribution in [3.05, 3.63) is 94.9 Å². The van der Waals surface area contributed by atoms with E-state index in [0.717, 1.165) is 17.3 Å². The first kappa shape index (κ1) is 22.2. The van der Waals surface area contributed by atoms with Gasteiger partial charge in [-0.1, -0.05) is 12.1 Å². The van der Waals surface area contributed by atoms with Crippen molar-refractivity contribution in [1.82, 2.24) is 0 Å². The molecule has 0 aliphatic carbocycles. The summed E-state index contributed by atoms with van der Waals surface area (Å²) >= 11 is 1.15. The van der Waals surface area contributed by atoms with Gasteiger partial charge in [-0.3, -0.25) is 14.5 Å². The van der Waals surface area contributed by atoms with Gasteiger partial charge in [-0.15, -0.1) is 0 Å². The molecule has 2 amide bonds. The molecule has 33 heavy (non-hydrogen) atoms. The maximum atomic E-state index is 13.4. The number of halogens is 2. The van der Waals surface area contributed by atoms with Crippen LogP contribution in [0.1, 0.15) is 5.56 Å². The van der Waals surface area contributed by atoms with Gasteiger partial charge in [-0.2, -0.15) is 0 Å². The molecule has 6 nitrogen and oxygen atoms in total. The molecule has 2 N–H and O–H groups in total. The van der Waals surface area contributed by atoms with Crippen LogP contribution in [-0.4, -0.2) is 23.6 Å². The lowest BCUT2D eigenvalue weighted by Crippen LogP contribution is -2.28. The molecule has 1 fully saturated rings. The van der Waals surface area contributed by atoms with Crippen LogP contribution in [0.15, 0.2) is 82.7 Å². The number of amidine groups is 1. The summed E-state index contributed by atoms with van der Waals surface area (Å²) in [6.07, 6.45) is 1.69. The van der Waals surface area contributed by atoms with E-state index >= 15 is 0 Å². The number of carbonyl (C=O) groups excluding carboxylic acids is 2. The number of rotatable bonds is 6. The minimum Gasteiger partial charge on any atom is -0.484 e. The lowest BCUT2D eigenvalue weighted by Gasteiger charge is -2.15. The van der Waals surface area contributed by atoms with Crippen LogP contribution in [0.25, 0.3) is 6.08 Å². The van der Waals surface area contributed by atoms with Crippen LogP contribution in [0.5, 0.6) is 5.75 Å². The van der Waals surface area contributed by atoms with Gasteiger partial charge in [-0.25, -0.2) is 13.8 Å². The molecule has 4 rings (SSSR count). The molecule has 3 aromatic rings. The van der Waals surface area contributed by atoms with E-state index in [2.05, 4.69) is 4.99 Å². The van der Waals surface area contributed by atoms with Gasteiger partial charge in [0.2, 0.25) is 0 Å². The van der Waals surface area contributed by atoms with E-state index in [0.29, 0.717) is 27.2 Å². The minimum atomic E-state index is -0.581. The van der Waals surface area contributed by atoms with Crippen molar-refractivity contribution < 1.29 is 23.1 Å². The first-order chi connectivity index (χ1) is 15.9. The van der Waals surface area contributed by atoms with Crippen LogP contribution in [0, 0.1) is 11.6 Å². The molecule has 166 valence electrons. The predicted octanol–water partition coefficient (Wildman–Crippen LogP) is 4.64. The van der Waals surface area contributed by atoms with E-state index in [9.17, 15) is 18.4 Å². The Hall–Kier alpha value is -3.98. The Kier molecular flexibility index (Phi) is 6.50. The maximum Gasteiger partial charge on any atom is 0.271 e. The Bertz CT molecular complexity index is 1240. The normalized spacial score (nSPS) is 15.9. The second-order valence-electron chi connectivity index (χ2n) is 6.92. The largest absolute Gasteiger partial charge is 0.484 e. The van der Waals surface area contributed by atoms with Gasteiger partial charge in [0.1, 0.15) is 17.4 Å². The fourth-order valence-electron chi connectivity index (χ4n) is 2.96. The van der Waals surface area contributed by atoms with Gasteiger partial charge in [0.25, 0.3) is 11.8 Å². The van der Waals surface area contributed by atoms with Crippen LogP contribution in [0.2, 0.25) is 0 Å². The van der Waals surface area contributed by atoms with Crippen LogP contribution in [-0.2, 0) is 9.59 Å². The molecule has 0 spiro atoms. The summed E-state index contributed by atoms with van der Waals surface area (Å²) in [5.41, 5.74) is 6.71. The fraction of sp³-hybridized carbons (Fsp3) is 0.0417. The fourth-order valence-corrected chi connectivity index (χ4v) is 3.96. The third-order valence-corrected chi connectivity index (χ3v) is 5.47. The summed E-state index contributed by atoms with van der Waals surface area (Å²) in [6, 6.07) is 17.8. The van der Waals surface area contributed by atoms with Crippen LogP contribution >= 0.6 is 11.8 Å². The summed E-state index contributed by atoms with van der Waals surface area (Å²) in [5, 5.41) is 0.353. The number of ether oxygens (including phenoxy) is 1. The van der Waals surface area contributed by atoms with Crippen molar-refractivity contribution in [1.29, 1.82) is 0 Å². The Labute approximate surface area is 192 Å². The number of anilines is 1. The quantitative estimate of drug-likeness (QED) is 0.538. The first-order valence-corrected chi connectivity index (χ1v) is 10.6. The Balaban J connectivity index is 1.65. The third kappa shape index (κ3) is 5.45. The predicted molar refractivity (Wildman–Crippen MR) is 124 cm³/mol. The Morgan fingerprint density at radius 3 is 2.18 bits per heavy atom. The van der Waals surface area contributed by atoms with E-state index < -0.39 is 17.5 Å². The Morgan fingerprint density at radius 2 is 1.58 bits per heavy atom. The van der Waals surface area contributed by atoms with E-state index in [-0.39, 0.29) is 12.5 Å². The van der Waals surface area contributed by atoms with Crippen molar-refractivity contribution in [2.75, 3.05) is 11.5 Å². The molecular weight excluding hydrogens is 448 g/mol. The zero-order chi connectivity index (χ0) is 23.4. The number of benzene rings is 3. The highest BCUT2D eigenvalue weighted by Gasteiger charge is 2.34. The van der Waals surface area contributed by atoms with Gasteiger partial charge in [0.05, 0.1) is 16.3 Å². The lowest BCUT2D eigenvalue weighted by molar-refractivity contribution is -0.120.